The minimum absolute atomic E-state index is 0.0995. The Kier molecular flexibility index (Phi) is 5.70. The van der Waals surface area contributed by atoms with Crippen LogP contribution < -0.4 is 10.6 Å². The quantitative estimate of drug-likeness (QED) is 0.651. The number of hydrogen-bond acceptors (Lipinski definition) is 3. The van der Waals surface area contributed by atoms with Crippen molar-refractivity contribution in [1.82, 2.24) is 4.98 Å². The molecule has 3 aromatic rings. The number of amides is 2. The summed E-state index contributed by atoms with van der Waals surface area (Å²) in [6.45, 7) is 3.88. The normalized spacial score (nSPS) is 10.4. The maximum atomic E-state index is 13.2. The number of nitrogens with zero attached hydrogens (tertiary/aromatic N) is 1. The summed E-state index contributed by atoms with van der Waals surface area (Å²) in [4.78, 5) is 28.9. The Morgan fingerprint density at radius 3 is 2.00 bits per heavy atom. The van der Waals surface area contributed by atoms with E-state index in [1.807, 2.05) is 32.0 Å². The van der Waals surface area contributed by atoms with Gasteiger partial charge < -0.3 is 10.6 Å². The highest BCUT2D eigenvalue weighted by Gasteiger charge is 2.13. The van der Waals surface area contributed by atoms with E-state index in [2.05, 4.69) is 15.6 Å². The summed E-state index contributed by atoms with van der Waals surface area (Å²) in [6.07, 6.45) is 2.72. The fraction of sp³-hybridized carbons (Fsp3) is 0.0952. The van der Waals surface area contributed by atoms with Crippen LogP contribution in [-0.2, 0) is 0 Å². The van der Waals surface area contributed by atoms with Crippen molar-refractivity contribution in [3.63, 3.8) is 0 Å². The average Bonchev–Trinajstić information content (AvgIpc) is 2.64. The second kappa shape index (κ2) is 8.19. The van der Waals surface area contributed by atoms with E-state index in [1.165, 1.54) is 30.6 Å². The predicted octanol–water partition coefficient (Wildman–Crippen LogP) is 5.00. The Morgan fingerprint density at radius 2 is 1.43 bits per heavy atom. The van der Waals surface area contributed by atoms with Crippen molar-refractivity contribution in [3.05, 3.63) is 88.0 Å². The molecule has 0 aliphatic heterocycles. The molecular weight excluding hydrogens is 381 g/mol. The summed E-state index contributed by atoms with van der Waals surface area (Å²) in [7, 11) is 0. The molecule has 0 aliphatic rings. The van der Waals surface area contributed by atoms with E-state index < -0.39 is 11.7 Å². The van der Waals surface area contributed by atoms with Crippen molar-refractivity contribution in [2.45, 2.75) is 13.8 Å². The van der Waals surface area contributed by atoms with Gasteiger partial charge in [-0.3, -0.25) is 14.6 Å². The predicted molar refractivity (Wildman–Crippen MR) is 107 cm³/mol. The molecule has 1 heterocycles. The molecule has 3 rings (SSSR count). The van der Waals surface area contributed by atoms with Crippen LogP contribution in [0.25, 0.3) is 0 Å². The van der Waals surface area contributed by atoms with Gasteiger partial charge in [0.05, 0.1) is 16.1 Å². The average molecular weight is 398 g/mol. The van der Waals surface area contributed by atoms with Gasteiger partial charge in [0.1, 0.15) is 5.82 Å². The molecule has 5 nitrogen and oxygen atoms in total. The van der Waals surface area contributed by atoms with Gasteiger partial charge in [-0.15, -0.1) is 0 Å². The molecule has 0 unspecified atom stereocenters. The standard InChI is InChI=1S/C21H17ClFN3O2/c1-12-5-13(2)7-17(6-12)26-21(28)15-8-14(10-24-11-15)20(27)25-16-3-4-19(23)18(22)9-16/h3-11H,1-2H3,(H,25,27)(H,26,28). The molecule has 2 aromatic carbocycles. The Hall–Kier alpha value is -3.25. The van der Waals surface area contributed by atoms with Gasteiger partial charge in [-0.2, -0.15) is 0 Å². The molecule has 0 atom stereocenters. The van der Waals surface area contributed by atoms with Crippen LogP contribution in [0.3, 0.4) is 0 Å². The van der Waals surface area contributed by atoms with Crippen molar-refractivity contribution in [1.29, 1.82) is 0 Å². The first-order valence-corrected chi connectivity index (χ1v) is 8.81. The third-order valence-electron chi connectivity index (χ3n) is 3.92. The van der Waals surface area contributed by atoms with Crippen LogP contribution in [0, 0.1) is 19.7 Å². The summed E-state index contributed by atoms with van der Waals surface area (Å²) in [5.74, 6) is -1.44. The second-order valence-electron chi connectivity index (χ2n) is 6.38. The number of pyridine rings is 1. The lowest BCUT2D eigenvalue weighted by molar-refractivity contribution is 0.102. The molecule has 0 saturated carbocycles. The number of halogens is 2. The lowest BCUT2D eigenvalue weighted by atomic mass is 10.1. The zero-order valence-electron chi connectivity index (χ0n) is 15.2. The van der Waals surface area contributed by atoms with E-state index in [9.17, 15) is 14.0 Å². The molecule has 2 amide bonds. The van der Waals surface area contributed by atoms with Crippen LogP contribution in [-0.4, -0.2) is 16.8 Å². The number of carbonyl (C=O) groups is 2. The Labute approximate surface area is 166 Å². The van der Waals surface area contributed by atoms with Gasteiger partial charge in [-0.05, 0) is 61.4 Å². The fourth-order valence-electron chi connectivity index (χ4n) is 2.72. The lowest BCUT2D eigenvalue weighted by Gasteiger charge is -2.09. The zero-order chi connectivity index (χ0) is 20.3. The zero-order valence-corrected chi connectivity index (χ0v) is 16.0. The molecule has 0 aliphatic carbocycles. The highest BCUT2D eigenvalue weighted by atomic mass is 35.5. The molecule has 0 radical (unpaired) electrons. The number of rotatable bonds is 4. The Morgan fingerprint density at radius 1 is 0.857 bits per heavy atom. The largest absolute Gasteiger partial charge is 0.322 e. The van der Waals surface area contributed by atoms with Crippen molar-refractivity contribution in [3.8, 4) is 0 Å². The molecule has 7 heteroatoms. The van der Waals surface area contributed by atoms with Gasteiger partial charge in [0.2, 0.25) is 0 Å². The molecule has 142 valence electrons. The number of aryl methyl sites for hydroxylation is 2. The van der Waals surface area contributed by atoms with E-state index in [0.717, 1.165) is 17.2 Å². The van der Waals surface area contributed by atoms with Crippen LogP contribution in [0.2, 0.25) is 5.02 Å². The molecule has 0 bridgehead atoms. The van der Waals surface area contributed by atoms with Crippen molar-refractivity contribution in [2.24, 2.45) is 0 Å². The van der Waals surface area contributed by atoms with Crippen LogP contribution in [0.5, 0.6) is 0 Å². The van der Waals surface area contributed by atoms with Crippen molar-refractivity contribution < 1.29 is 14.0 Å². The first kappa shape index (κ1) is 19.5. The molecule has 2 N–H and O–H groups in total. The molecule has 0 saturated heterocycles. The second-order valence-corrected chi connectivity index (χ2v) is 6.78. The summed E-state index contributed by atoms with van der Waals surface area (Å²) < 4.78 is 13.2. The van der Waals surface area contributed by atoms with Gasteiger partial charge in [0.25, 0.3) is 11.8 Å². The highest BCUT2D eigenvalue weighted by Crippen LogP contribution is 2.20. The van der Waals surface area contributed by atoms with Crippen molar-refractivity contribution >= 4 is 34.8 Å². The summed E-state index contributed by atoms with van der Waals surface area (Å²) in [5.41, 5.74) is 3.48. The molecule has 0 spiro atoms. The van der Waals surface area contributed by atoms with E-state index in [-0.39, 0.29) is 22.1 Å². The molecule has 28 heavy (non-hydrogen) atoms. The van der Waals surface area contributed by atoms with Crippen LogP contribution in [0.15, 0.2) is 54.9 Å². The number of nitrogens with one attached hydrogen (secondary N) is 2. The first-order valence-electron chi connectivity index (χ1n) is 8.43. The molecular formula is C21H17ClFN3O2. The Balaban J connectivity index is 1.76. The van der Waals surface area contributed by atoms with Gasteiger partial charge in [-0.1, -0.05) is 17.7 Å². The highest BCUT2D eigenvalue weighted by molar-refractivity contribution is 6.31. The molecule has 0 fully saturated rings. The van der Waals surface area contributed by atoms with Gasteiger partial charge >= 0.3 is 0 Å². The van der Waals surface area contributed by atoms with Gasteiger partial charge in [0.15, 0.2) is 0 Å². The number of hydrogen-bond donors (Lipinski definition) is 2. The van der Waals surface area contributed by atoms with Crippen LogP contribution >= 0.6 is 11.6 Å². The van der Waals surface area contributed by atoms with Gasteiger partial charge in [0, 0.05) is 23.8 Å². The van der Waals surface area contributed by atoms with Crippen LogP contribution in [0.1, 0.15) is 31.8 Å². The van der Waals surface area contributed by atoms with Crippen LogP contribution in [0.4, 0.5) is 15.8 Å². The third kappa shape index (κ3) is 4.72. The third-order valence-corrected chi connectivity index (χ3v) is 4.21. The van der Waals surface area contributed by atoms with Crippen molar-refractivity contribution in [2.75, 3.05) is 10.6 Å². The summed E-state index contributed by atoms with van der Waals surface area (Å²) >= 11 is 5.72. The number of aromatic nitrogens is 1. The Bertz CT molecular complexity index is 1050. The summed E-state index contributed by atoms with van der Waals surface area (Å²) in [6, 6.07) is 11.0. The van der Waals surface area contributed by atoms with E-state index >= 15 is 0 Å². The maximum Gasteiger partial charge on any atom is 0.257 e. The van der Waals surface area contributed by atoms with E-state index in [1.54, 1.807) is 0 Å². The van der Waals surface area contributed by atoms with E-state index in [0.29, 0.717) is 11.4 Å². The fourth-order valence-corrected chi connectivity index (χ4v) is 2.90. The number of carbonyl (C=O) groups excluding carboxylic acids is 2. The summed E-state index contributed by atoms with van der Waals surface area (Å²) in [5, 5.41) is 5.30. The molecule has 1 aromatic heterocycles. The monoisotopic (exact) mass is 397 g/mol. The number of anilines is 2. The maximum absolute atomic E-state index is 13.2. The van der Waals surface area contributed by atoms with Gasteiger partial charge in [-0.25, -0.2) is 4.39 Å². The first-order chi connectivity index (χ1) is 13.3. The lowest BCUT2D eigenvalue weighted by Crippen LogP contribution is -2.16. The minimum atomic E-state index is -0.577. The SMILES string of the molecule is Cc1cc(C)cc(NC(=O)c2cncc(C(=O)Nc3ccc(F)c(Cl)c3)c2)c1. The minimum Gasteiger partial charge on any atom is -0.322 e. The van der Waals surface area contributed by atoms with E-state index in [4.69, 9.17) is 11.6 Å². The smallest absolute Gasteiger partial charge is 0.257 e. The topological polar surface area (TPSA) is 71.1 Å². The number of benzene rings is 2.